The Morgan fingerprint density at radius 3 is 2.69 bits per heavy atom. The highest BCUT2D eigenvalue weighted by atomic mass is 15.0. The van der Waals surface area contributed by atoms with E-state index in [0.29, 0.717) is 18.1 Å². The van der Waals surface area contributed by atoms with Gasteiger partial charge in [-0.15, -0.1) is 0 Å². The van der Waals surface area contributed by atoms with Gasteiger partial charge in [-0.3, -0.25) is 4.98 Å². The molecule has 0 amide bonds. The van der Waals surface area contributed by atoms with Crippen LogP contribution in [0.5, 0.6) is 0 Å². The minimum Gasteiger partial charge on any atom is -0.328 e. The molecular formula is C13H21N3. The molecule has 0 radical (unpaired) electrons. The summed E-state index contributed by atoms with van der Waals surface area (Å²) in [4.78, 5) is 4.37. The summed E-state index contributed by atoms with van der Waals surface area (Å²) in [5.41, 5.74) is 7.02. The predicted molar refractivity (Wildman–Crippen MR) is 66.0 cm³/mol. The Bertz CT molecular complexity index is 304. The number of pyridine rings is 1. The monoisotopic (exact) mass is 219 g/mol. The van der Waals surface area contributed by atoms with Crippen LogP contribution < -0.4 is 11.1 Å². The van der Waals surface area contributed by atoms with E-state index in [4.69, 9.17) is 5.73 Å². The molecule has 88 valence electrons. The van der Waals surface area contributed by atoms with E-state index in [9.17, 15) is 0 Å². The van der Waals surface area contributed by atoms with Crippen molar-refractivity contribution in [3.05, 3.63) is 30.1 Å². The van der Waals surface area contributed by atoms with Crippen LogP contribution in [-0.4, -0.2) is 17.1 Å². The molecule has 1 aromatic heterocycles. The lowest BCUT2D eigenvalue weighted by Gasteiger charge is -2.29. The summed E-state index contributed by atoms with van der Waals surface area (Å²) >= 11 is 0. The summed E-state index contributed by atoms with van der Waals surface area (Å²) in [6.45, 7) is 2.18. The van der Waals surface area contributed by atoms with Gasteiger partial charge in [-0.1, -0.05) is 6.07 Å². The molecule has 3 nitrogen and oxygen atoms in total. The smallest absolute Gasteiger partial charge is 0.0570 e. The maximum Gasteiger partial charge on any atom is 0.0570 e. The lowest BCUT2D eigenvalue weighted by molar-refractivity contribution is 0.320. The molecule has 1 aromatic rings. The fraction of sp³-hybridized carbons (Fsp3) is 0.615. The Balaban J connectivity index is 1.86. The highest BCUT2D eigenvalue weighted by Crippen LogP contribution is 2.20. The normalized spacial score (nSPS) is 27.6. The number of nitrogens with zero attached hydrogens (tertiary/aromatic N) is 1. The second-order valence-electron chi connectivity index (χ2n) is 4.75. The molecule has 3 N–H and O–H groups in total. The molecule has 1 heterocycles. The number of hydrogen-bond acceptors (Lipinski definition) is 3. The first-order chi connectivity index (χ1) is 7.75. The van der Waals surface area contributed by atoms with Crippen molar-refractivity contribution < 1.29 is 0 Å². The lowest BCUT2D eigenvalue weighted by Crippen LogP contribution is -2.38. The number of hydrogen-bond donors (Lipinski definition) is 2. The van der Waals surface area contributed by atoms with Gasteiger partial charge in [0.2, 0.25) is 0 Å². The summed E-state index contributed by atoms with van der Waals surface area (Å²) in [6.07, 6.45) is 6.53. The third-order valence-electron chi connectivity index (χ3n) is 3.39. The summed E-state index contributed by atoms with van der Waals surface area (Å²) in [6, 6.07) is 7.43. The molecule has 0 spiro atoms. The second-order valence-corrected chi connectivity index (χ2v) is 4.75. The Morgan fingerprint density at radius 1 is 1.31 bits per heavy atom. The largest absolute Gasteiger partial charge is 0.328 e. The zero-order valence-electron chi connectivity index (χ0n) is 9.89. The predicted octanol–water partition coefficient (Wildman–Crippen LogP) is 2.00. The van der Waals surface area contributed by atoms with Crippen LogP contribution >= 0.6 is 0 Å². The van der Waals surface area contributed by atoms with Gasteiger partial charge in [-0.25, -0.2) is 0 Å². The molecular weight excluding hydrogens is 198 g/mol. The summed E-state index contributed by atoms with van der Waals surface area (Å²) in [5, 5.41) is 3.64. The molecule has 1 atom stereocenters. The van der Waals surface area contributed by atoms with E-state index < -0.39 is 0 Å². The molecule has 0 unspecified atom stereocenters. The fourth-order valence-corrected chi connectivity index (χ4v) is 2.36. The van der Waals surface area contributed by atoms with Crippen LogP contribution in [0.2, 0.25) is 0 Å². The van der Waals surface area contributed by atoms with E-state index in [1.54, 1.807) is 0 Å². The Hall–Kier alpha value is -0.930. The van der Waals surface area contributed by atoms with E-state index in [1.165, 1.54) is 12.8 Å². The van der Waals surface area contributed by atoms with Crippen molar-refractivity contribution in [2.24, 2.45) is 5.73 Å². The Morgan fingerprint density at radius 2 is 2.06 bits per heavy atom. The molecule has 0 saturated heterocycles. The fourth-order valence-electron chi connectivity index (χ4n) is 2.36. The van der Waals surface area contributed by atoms with Crippen LogP contribution in [0.3, 0.4) is 0 Å². The number of aromatic nitrogens is 1. The van der Waals surface area contributed by atoms with Crippen LogP contribution in [0.15, 0.2) is 24.4 Å². The van der Waals surface area contributed by atoms with Crippen molar-refractivity contribution in [1.29, 1.82) is 0 Å². The highest BCUT2D eigenvalue weighted by molar-refractivity contribution is 5.08. The minimum absolute atomic E-state index is 0.334. The Labute approximate surface area is 97.5 Å². The van der Waals surface area contributed by atoms with Crippen molar-refractivity contribution in [3.8, 4) is 0 Å². The number of rotatable bonds is 3. The van der Waals surface area contributed by atoms with Crippen LogP contribution in [0.25, 0.3) is 0 Å². The van der Waals surface area contributed by atoms with E-state index in [2.05, 4.69) is 23.3 Å². The van der Waals surface area contributed by atoms with E-state index >= 15 is 0 Å². The summed E-state index contributed by atoms with van der Waals surface area (Å²) in [7, 11) is 0. The van der Waals surface area contributed by atoms with Gasteiger partial charge in [0.05, 0.1) is 5.69 Å². The molecule has 1 aliphatic carbocycles. The van der Waals surface area contributed by atoms with Gasteiger partial charge in [0, 0.05) is 24.3 Å². The maximum atomic E-state index is 5.90. The average Bonchev–Trinajstić information content (AvgIpc) is 2.33. The van der Waals surface area contributed by atoms with Gasteiger partial charge in [0.1, 0.15) is 0 Å². The van der Waals surface area contributed by atoms with Crippen LogP contribution in [0.4, 0.5) is 0 Å². The third kappa shape index (κ3) is 3.03. The quantitative estimate of drug-likeness (QED) is 0.817. The molecule has 1 aliphatic rings. The van der Waals surface area contributed by atoms with Crippen LogP contribution in [-0.2, 0) is 0 Å². The molecule has 1 saturated carbocycles. The third-order valence-corrected chi connectivity index (χ3v) is 3.39. The first kappa shape index (κ1) is 11.6. The SMILES string of the molecule is C[C@@H](NC1CCC(N)CC1)c1ccccn1. The topological polar surface area (TPSA) is 50.9 Å². The first-order valence-electron chi connectivity index (χ1n) is 6.18. The zero-order valence-corrected chi connectivity index (χ0v) is 9.89. The van der Waals surface area contributed by atoms with Crippen LogP contribution in [0, 0.1) is 0 Å². The highest BCUT2D eigenvalue weighted by Gasteiger charge is 2.20. The molecule has 0 bridgehead atoms. The summed E-state index contributed by atoms with van der Waals surface area (Å²) < 4.78 is 0. The number of nitrogens with one attached hydrogen (secondary N) is 1. The molecule has 3 heteroatoms. The van der Waals surface area contributed by atoms with E-state index in [-0.39, 0.29) is 0 Å². The van der Waals surface area contributed by atoms with Gasteiger partial charge in [0.15, 0.2) is 0 Å². The molecule has 0 aromatic carbocycles. The van der Waals surface area contributed by atoms with Gasteiger partial charge in [-0.2, -0.15) is 0 Å². The van der Waals surface area contributed by atoms with Crippen molar-refractivity contribution in [3.63, 3.8) is 0 Å². The maximum absolute atomic E-state index is 5.90. The zero-order chi connectivity index (χ0) is 11.4. The molecule has 2 rings (SSSR count). The average molecular weight is 219 g/mol. The van der Waals surface area contributed by atoms with E-state index in [1.807, 2.05) is 18.3 Å². The van der Waals surface area contributed by atoms with Crippen molar-refractivity contribution in [2.75, 3.05) is 0 Å². The first-order valence-corrected chi connectivity index (χ1v) is 6.18. The Kier molecular flexibility index (Phi) is 3.91. The van der Waals surface area contributed by atoms with Crippen molar-refractivity contribution >= 4 is 0 Å². The van der Waals surface area contributed by atoms with Crippen LogP contribution in [0.1, 0.15) is 44.3 Å². The molecule has 0 aliphatic heterocycles. The van der Waals surface area contributed by atoms with Gasteiger partial charge < -0.3 is 11.1 Å². The van der Waals surface area contributed by atoms with Gasteiger partial charge >= 0.3 is 0 Å². The van der Waals surface area contributed by atoms with Crippen molar-refractivity contribution in [1.82, 2.24) is 10.3 Å². The molecule has 1 fully saturated rings. The van der Waals surface area contributed by atoms with Gasteiger partial charge in [0.25, 0.3) is 0 Å². The second kappa shape index (κ2) is 5.41. The van der Waals surface area contributed by atoms with Crippen molar-refractivity contribution in [2.45, 2.75) is 50.7 Å². The standard InChI is InChI=1S/C13H21N3/c1-10(13-4-2-3-9-15-13)16-12-7-5-11(14)6-8-12/h2-4,9-12,16H,5-8,14H2,1H3/t10-,11?,12?/m1/s1. The number of nitrogens with two attached hydrogens (primary N) is 1. The van der Waals surface area contributed by atoms with Gasteiger partial charge in [-0.05, 0) is 44.7 Å². The summed E-state index contributed by atoms with van der Waals surface area (Å²) in [5.74, 6) is 0. The van der Waals surface area contributed by atoms with E-state index in [0.717, 1.165) is 18.5 Å². The minimum atomic E-state index is 0.334. The lowest BCUT2D eigenvalue weighted by atomic mass is 9.91. The molecule has 16 heavy (non-hydrogen) atoms.